The van der Waals surface area contributed by atoms with Crippen molar-refractivity contribution in [3.8, 4) is 17.3 Å². The molecule has 7 rings (SSSR count). The molecule has 0 unspecified atom stereocenters. The van der Waals surface area contributed by atoms with Crippen molar-refractivity contribution in [1.82, 2.24) is 19.0 Å². The number of carbonyl (C=O) groups is 1. The third-order valence-corrected chi connectivity index (χ3v) is 10.8. The zero-order chi connectivity index (χ0) is 27.7. The van der Waals surface area contributed by atoms with E-state index in [4.69, 9.17) is 32.8 Å². The van der Waals surface area contributed by atoms with Crippen LogP contribution in [0.5, 0.6) is 5.75 Å². The number of piperidine rings is 1. The van der Waals surface area contributed by atoms with E-state index in [1.807, 2.05) is 24.1 Å². The SMILES string of the molecule is COc1cc(C(=O)N2C[C@H]3CC[C@@H]2[C@@H]3N)cc2nc(-c3cc4scc(C[C@@H](CN)CCl)c4n3CC3CC3)n(C)c12. The Labute approximate surface area is 243 Å². The van der Waals surface area contributed by atoms with Gasteiger partial charge in [0.25, 0.3) is 5.91 Å². The van der Waals surface area contributed by atoms with Crippen LogP contribution in [0.25, 0.3) is 32.8 Å². The minimum Gasteiger partial charge on any atom is -0.494 e. The second kappa shape index (κ2) is 10.0. The van der Waals surface area contributed by atoms with E-state index >= 15 is 0 Å². The first kappa shape index (κ1) is 26.3. The topological polar surface area (TPSA) is 104 Å². The quantitative estimate of drug-likeness (QED) is 0.282. The number of carbonyl (C=O) groups excluding carboxylic acids is 1. The number of aryl methyl sites for hydroxylation is 1. The summed E-state index contributed by atoms with van der Waals surface area (Å²) >= 11 is 8.00. The second-order valence-corrected chi connectivity index (χ2v) is 13.2. The summed E-state index contributed by atoms with van der Waals surface area (Å²) in [6.45, 7) is 2.28. The number of alkyl halides is 1. The van der Waals surface area contributed by atoms with E-state index in [1.165, 1.54) is 28.6 Å². The summed E-state index contributed by atoms with van der Waals surface area (Å²) in [5, 5.41) is 2.26. The molecule has 212 valence electrons. The molecule has 4 aromatic rings. The molecule has 4 atom stereocenters. The molecular formula is C30H37ClN6O2S. The van der Waals surface area contributed by atoms with E-state index in [9.17, 15) is 4.79 Å². The first-order valence-electron chi connectivity index (χ1n) is 14.4. The molecule has 2 aliphatic carbocycles. The smallest absolute Gasteiger partial charge is 0.254 e. The summed E-state index contributed by atoms with van der Waals surface area (Å²) in [4.78, 5) is 20.8. The van der Waals surface area contributed by atoms with E-state index < -0.39 is 0 Å². The maximum absolute atomic E-state index is 13.7. The van der Waals surface area contributed by atoms with Crippen LogP contribution in [-0.4, -0.2) is 63.1 Å². The molecule has 2 saturated carbocycles. The summed E-state index contributed by atoms with van der Waals surface area (Å²) in [5.41, 5.74) is 18.4. The molecule has 1 aromatic carbocycles. The molecule has 1 aliphatic heterocycles. The molecule has 3 aliphatic rings. The molecular weight excluding hydrogens is 544 g/mol. The highest BCUT2D eigenvalue weighted by molar-refractivity contribution is 7.17. The number of nitrogens with two attached hydrogens (primary N) is 2. The van der Waals surface area contributed by atoms with Crippen LogP contribution in [0.1, 0.15) is 41.6 Å². The number of imidazole rings is 1. The van der Waals surface area contributed by atoms with Gasteiger partial charge in [-0.3, -0.25) is 4.79 Å². The predicted molar refractivity (Wildman–Crippen MR) is 161 cm³/mol. The molecule has 0 spiro atoms. The van der Waals surface area contributed by atoms with Gasteiger partial charge in [0.05, 0.1) is 28.5 Å². The van der Waals surface area contributed by atoms with Crippen LogP contribution in [0.2, 0.25) is 0 Å². The van der Waals surface area contributed by atoms with Crippen molar-refractivity contribution in [2.75, 3.05) is 26.1 Å². The Balaban J connectivity index is 1.32. The maximum atomic E-state index is 13.7. The first-order valence-corrected chi connectivity index (χ1v) is 15.8. The molecule has 4 heterocycles. The minimum absolute atomic E-state index is 0.0195. The minimum atomic E-state index is 0.0195. The lowest BCUT2D eigenvalue weighted by atomic mass is 10.0. The Morgan fingerprint density at radius 1 is 1.23 bits per heavy atom. The summed E-state index contributed by atoms with van der Waals surface area (Å²) < 4.78 is 11.7. The molecule has 8 nitrogen and oxygen atoms in total. The van der Waals surface area contributed by atoms with Crippen LogP contribution in [-0.2, 0) is 20.0 Å². The molecule has 10 heteroatoms. The van der Waals surface area contributed by atoms with Gasteiger partial charge in [0, 0.05) is 43.7 Å². The molecule has 4 N–H and O–H groups in total. The molecule has 1 saturated heterocycles. The molecule has 40 heavy (non-hydrogen) atoms. The van der Waals surface area contributed by atoms with Gasteiger partial charge < -0.3 is 30.2 Å². The van der Waals surface area contributed by atoms with Gasteiger partial charge in [0.2, 0.25) is 0 Å². The molecule has 1 amide bonds. The normalized spacial score (nSPS) is 23.1. The van der Waals surface area contributed by atoms with Crippen LogP contribution in [0.4, 0.5) is 0 Å². The number of fused-ring (bicyclic) bond motifs is 4. The van der Waals surface area contributed by atoms with E-state index in [0.29, 0.717) is 35.6 Å². The van der Waals surface area contributed by atoms with Crippen molar-refractivity contribution in [1.29, 1.82) is 0 Å². The van der Waals surface area contributed by atoms with Gasteiger partial charge in [-0.05, 0) is 85.5 Å². The number of amides is 1. The van der Waals surface area contributed by atoms with Crippen molar-refractivity contribution >= 4 is 50.1 Å². The number of nitrogens with zero attached hydrogens (tertiary/aromatic N) is 4. The number of hydrogen-bond acceptors (Lipinski definition) is 6. The van der Waals surface area contributed by atoms with E-state index in [-0.39, 0.29) is 23.9 Å². The fourth-order valence-electron chi connectivity index (χ4n) is 6.99. The van der Waals surface area contributed by atoms with Crippen LogP contribution in [0.3, 0.4) is 0 Å². The number of aromatic nitrogens is 3. The molecule has 3 aromatic heterocycles. The van der Waals surface area contributed by atoms with Gasteiger partial charge in [-0.15, -0.1) is 22.9 Å². The number of rotatable bonds is 9. The Hall–Kier alpha value is -2.59. The third-order valence-electron chi connectivity index (χ3n) is 9.44. The number of hydrogen-bond donors (Lipinski definition) is 2. The van der Waals surface area contributed by atoms with E-state index in [2.05, 4.69) is 20.6 Å². The fourth-order valence-corrected chi connectivity index (χ4v) is 8.24. The maximum Gasteiger partial charge on any atom is 0.254 e. The number of halogens is 1. The zero-order valence-corrected chi connectivity index (χ0v) is 24.7. The van der Waals surface area contributed by atoms with Crippen molar-refractivity contribution in [2.24, 2.45) is 36.3 Å². The monoisotopic (exact) mass is 580 g/mol. The van der Waals surface area contributed by atoms with Crippen LogP contribution in [0, 0.1) is 17.8 Å². The lowest BCUT2D eigenvalue weighted by Gasteiger charge is -2.27. The largest absolute Gasteiger partial charge is 0.494 e. The summed E-state index contributed by atoms with van der Waals surface area (Å²) in [6.07, 6.45) is 5.49. The Morgan fingerprint density at radius 2 is 2.05 bits per heavy atom. The molecule has 0 radical (unpaired) electrons. The van der Waals surface area contributed by atoms with Crippen molar-refractivity contribution in [3.05, 3.63) is 34.7 Å². The Kier molecular flexibility index (Phi) is 6.61. The van der Waals surface area contributed by atoms with Crippen LogP contribution < -0.4 is 16.2 Å². The van der Waals surface area contributed by atoms with E-state index in [1.54, 1.807) is 18.4 Å². The lowest BCUT2D eigenvalue weighted by molar-refractivity contribution is 0.0700. The highest BCUT2D eigenvalue weighted by Gasteiger charge is 2.47. The van der Waals surface area contributed by atoms with Gasteiger partial charge in [-0.2, -0.15) is 0 Å². The fraction of sp³-hybridized carbons (Fsp3) is 0.533. The zero-order valence-electron chi connectivity index (χ0n) is 23.1. The molecule has 2 bridgehead atoms. The van der Waals surface area contributed by atoms with Gasteiger partial charge >= 0.3 is 0 Å². The van der Waals surface area contributed by atoms with Gasteiger partial charge in [-0.25, -0.2) is 4.98 Å². The lowest BCUT2D eigenvalue weighted by Crippen LogP contribution is -2.41. The summed E-state index contributed by atoms with van der Waals surface area (Å²) in [6, 6.07) is 6.27. The van der Waals surface area contributed by atoms with Crippen molar-refractivity contribution in [2.45, 2.75) is 50.7 Å². The van der Waals surface area contributed by atoms with E-state index in [0.717, 1.165) is 54.9 Å². The average molecular weight is 581 g/mol. The highest BCUT2D eigenvalue weighted by atomic mass is 35.5. The van der Waals surface area contributed by atoms with Crippen LogP contribution in [0.15, 0.2) is 23.6 Å². The number of thiophene rings is 1. The Morgan fingerprint density at radius 3 is 2.70 bits per heavy atom. The summed E-state index contributed by atoms with van der Waals surface area (Å²) in [7, 11) is 3.70. The first-order chi connectivity index (χ1) is 19.4. The van der Waals surface area contributed by atoms with Crippen molar-refractivity contribution in [3.63, 3.8) is 0 Å². The van der Waals surface area contributed by atoms with Gasteiger partial charge in [-0.1, -0.05) is 0 Å². The Bertz CT molecular complexity index is 1600. The number of likely N-dealkylation sites (tertiary alicyclic amines) is 1. The van der Waals surface area contributed by atoms with Gasteiger partial charge in [0.1, 0.15) is 11.3 Å². The van der Waals surface area contributed by atoms with Crippen molar-refractivity contribution < 1.29 is 9.53 Å². The number of methoxy groups -OCH3 is 1. The highest BCUT2D eigenvalue weighted by Crippen LogP contribution is 2.42. The predicted octanol–water partition coefficient (Wildman–Crippen LogP) is 4.59. The number of benzene rings is 1. The summed E-state index contributed by atoms with van der Waals surface area (Å²) in [5.74, 6) is 3.46. The standard InChI is InChI=1S/C30H37ClN6O2S/c1-35-28-21(8-19(9-24(28)39-2)30(38)37-14-18-5-6-22(37)26(18)33)34-29(35)23-10-25-27(36(23)13-16-3-4-16)20(15-40-25)7-17(11-31)12-32/h8-10,15-18,22,26H,3-7,11-14,32-33H2,1-2H3/t17-,18-,22-,26-/m1/s1. The molecule has 3 fully saturated rings. The number of ether oxygens (including phenoxy) is 1. The average Bonchev–Trinajstić information content (AvgIpc) is 3.19. The van der Waals surface area contributed by atoms with Crippen LogP contribution >= 0.6 is 22.9 Å². The third kappa shape index (κ3) is 4.16. The second-order valence-electron chi connectivity index (χ2n) is 12.0. The van der Waals surface area contributed by atoms with Gasteiger partial charge in [0.15, 0.2) is 5.82 Å².